The van der Waals surface area contributed by atoms with E-state index >= 15 is 0 Å². The maximum Gasteiger partial charge on any atom is 0.573 e. The lowest BCUT2D eigenvalue weighted by Crippen LogP contribution is -2.47. The van der Waals surface area contributed by atoms with Crippen LogP contribution in [-0.2, 0) is 6.61 Å². The molecular weight excluding hydrogens is 468 g/mol. The molecule has 2 heterocycles. The second-order valence-corrected chi connectivity index (χ2v) is 9.06. The number of halogens is 5. The minimum absolute atomic E-state index is 0.0306. The van der Waals surface area contributed by atoms with Crippen LogP contribution in [0.5, 0.6) is 5.75 Å². The van der Waals surface area contributed by atoms with Gasteiger partial charge in [-0.15, -0.1) is 13.2 Å². The van der Waals surface area contributed by atoms with Gasteiger partial charge in [-0.2, -0.15) is 0 Å². The van der Waals surface area contributed by atoms with Gasteiger partial charge in [-0.3, -0.25) is 0 Å². The van der Waals surface area contributed by atoms with E-state index in [4.69, 9.17) is 28.9 Å². The maximum absolute atomic E-state index is 12.6. The number of alkyl halides is 3. The third-order valence-corrected chi connectivity index (χ3v) is 6.97. The highest BCUT2D eigenvalue weighted by atomic mass is 35.5. The molecule has 11 heteroatoms. The molecule has 1 aliphatic rings. The van der Waals surface area contributed by atoms with Gasteiger partial charge in [0.15, 0.2) is 5.82 Å². The van der Waals surface area contributed by atoms with E-state index in [1.165, 1.54) is 6.07 Å². The Labute approximate surface area is 194 Å². The van der Waals surface area contributed by atoms with E-state index < -0.39 is 12.1 Å². The number of piperidine rings is 1. The maximum atomic E-state index is 12.6. The van der Waals surface area contributed by atoms with Crippen molar-refractivity contribution in [2.24, 2.45) is 11.1 Å². The van der Waals surface area contributed by atoms with Crippen molar-refractivity contribution in [2.45, 2.75) is 52.6 Å². The predicted octanol–water partition coefficient (Wildman–Crippen LogP) is 5.10. The lowest BCUT2D eigenvalue weighted by Gasteiger charge is -2.42. The Kier molecular flexibility index (Phi) is 7.14. The number of nitrogens with zero attached hydrogens (tertiary/aromatic N) is 3. The fourth-order valence-corrected chi connectivity index (χ4v) is 4.21. The second kappa shape index (κ2) is 9.21. The summed E-state index contributed by atoms with van der Waals surface area (Å²) >= 11 is 12.3. The lowest BCUT2D eigenvalue weighted by atomic mass is 9.75. The molecule has 1 aliphatic heterocycles. The van der Waals surface area contributed by atoms with Gasteiger partial charge in [-0.1, -0.05) is 30.1 Å². The summed E-state index contributed by atoms with van der Waals surface area (Å²) in [4.78, 5) is 11.2. The Hall–Kier alpha value is -1.81. The molecule has 0 radical (unpaired) electrons. The van der Waals surface area contributed by atoms with Crippen LogP contribution in [0.4, 0.5) is 19.0 Å². The number of rotatable bonds is 5. The first-order chi connectivity index (χ1) is 14.9. The van der Waals surface area contributed by atoms with E-state index in [1.54, 1.807) is 6.92 Å². The molecule has 1 aromatic heterocycles. The number of hydrogen-bond donors (Lipinski definition) is 2. The van der Waals surface area contributed by atoms with Gasteiger partial charge in [0.1, 0.15) is 16.5 Å². The van der Waals surface area contributed by atoms with Gasteiger partial charge in [0.2, 0.25) is 0 Å². The molecule has 3 rings (SSSR count). The van der Waals surface area contributed by atoms with Crippen LogP contribution in [0.25, 0.3) is 11.3 Å². The van der Waals surface area contributed by atoms with Crippen LogP contribution in [0, 0.1) is 12.3 Å². The zero-order valence-electron chi connectivity index (χ0n) is 17.9. The SMILES string of the molecule is Cc1nc(N2CCC(C)(C(C)N)CC2)c(CO)nc1-c1ccc(OC(F)(F)F)c(Cl)c1Cl. The number of aliphatic hydroxyl groups excluding tert-OH is 1. The van der Waals surface area contributed by atoms with Crippen molar-refractivity contribution in [3.05, 3.63) is 33.6 Å². The monoisotopic (exact) mass is 492 g/mol. The van der Waals surface area contributed by atoms with Gasteiger partial charge in [-0.05, 0) is 44.2 Å². The second-order valence-electron chi connectivity index (χ2n) is 8.30. The van der Waals surface area contributed by atoms with Crippen molar-refractivity contribution in [3.8, 4) is 17.0 Å². The average molecular weight is 493 g/mol. The van der Waals surface area contributed by atoms with Crippen LogP contribution in [0.3, 0.4) is 0 Å². The first-order valence-electron chi connectivity index (χ1n) is 10.1. The molecule has 1 unspecified atom stereocenters. The smallest absolute Gasteiger partial charge is 0.404 e. The molecule has 1 aromatic carbocycles. The minimum atomic E-state index is -4.90. The Morgan fingerprint density at radius 2 is 1.84 bits per heavy atom. The first-order valence-corrected chi connectivity index (χ1v) is 10.8. The molecule has 0 amide bonds. The molecular formula is C21H25Cl2F3N4O2. The summed E-state index contributed by atoms with van der Waals surface area (Å²) in [5.74, 6) is -0.0391. The minimum Gasteiger partial charge on any atom is -0.404 e. The van der Waals surface area contributed by atoms with Gasteiger partial charge in [0.05, 0.1) is 23.0 Å². The quantitative estimate of drug-likeness (QED) is 0.603. The highest BCUT2D eigenvalue weighted by Gasteiger charge is 2.35. The molecule has 1 fully saturated rings. The highest BCUT2D eigenvalue weighted by Crippen LogP contribution is 2.42. The van der Waals surface area contributed by atoms with E-state index in [0.29, 0.717) is 41.6 Å². The summed E-state index contributed by atoms with van der Waals surface area (Å²) in [5, 5.41) is 9.41. The largest absolute Gasteiger partial charge is 0.573 e. The van der Waals surface area contributed by atoms with Gasteiger partial charge < -0.3 is 20.5 Å². The zero-order valence-corrected chi connectivity index (χ0v) is 19.4. The Morgan fingerprint density at radius 1 is 1.22 bits per heavy atom. The number of benzene rings is 1. The average Bonchev–Trinajstić information content (AvgIpc) is 2.71. The van der Waals surface area contributed by atoms with Crippen LogP contribution < -0.4 is 15.4 Å². The summed E-state index contributed by atoms with van der Waals surface area (Å²) in [6, 6.07) is 2.47. The Bertz CT molecular complexity index is 994. The van der Waals surface area contributed by atoms with Crippen molar-refractivity contribution in [3.63, 3.8) is 0 Å². The third-order valence-electron chi connectivity index (χ3n) is 6.10. The summed E-state index contributed by atoms with van der Waals surface area (Å²) in [7, 11) is 0. The van der Waals surface area contributed by atoms with E-state index in [9.17, 15) is 18.3 Å². The molecule has 1 atom stereocenters. The Balaban J connectivity index is 1.95. The van der Waals surface area contributed by atoms with Crippen LogP contribution in [0.2, 0.25) is 10.0 Å². The Morgan fingerprint density at radius 3 is 2.38 bits per heavy atom. The van der Waals surface area contributed by atoms with Crippen LogP contribution >= 0.6 is 23.2 Å². The molecule has 1 saturated heterocycles. The summed E-state index contributed by atoms with van der Waals surface area (Å²) in [5.41, 5.74) is 7.63. The number of ether oxygens (including phenoxy) is 1. The number of nitrogens with two attached hydrogens (primary N) is 1. The van der Waals surface area contributed by atoms with Crippen molar-refractivity contribution in [2.75, 3.05) is 18.0 Å². The molecule has 0 spiro atoms. The van der Waals surface area contributed by atoms with Gasteiger partial charge in [0, 0.05) is 24.7 Å². The van der Waals surface area contributed by atoms with E-state index in [0.717, 1.165) is 18.9 Å². The fraction of sp³-hybridized carbons (Fsp3) is 0.524. The van der Waals surface area contributed by atoms with Crippen LogP contribution in [0.1, 0.15) is 38.1 Å². The van der Waals surface area contributed by atoms with Gasteiger partial charge in [0.25, 0.3) is 0 Å². The number of aromatic nitrogens is 2. The topological polar surface area (TPSA) is 84.5 Å². The van der Waals surface area contributed by atoms with Crippen molar-refractivity contribution in [1.82, 2.24) is 9.97 Å². The molecule has 0 bridgehead atoms. The number of hydrogen-bond acceptors (Lipinski definition) is 6. The normalized spacial score (nSPS) is 17.4. The van der Waals surface area contributed by atoms with Gasteiger partial charge >= 0.3 is 6.36 Å². The number of aryl methyl sites for hydroxylation is 1. The first kappa shape index (κ1) is 24.8. The zero-order chi connectivity index (χ0) is 23.8. The summed E-state index contributed by atoms with van der Waals surface area (Å²) < 4.78 is 41.6. The van der Waals surface area contributed by atoms with E-state index in [-0.39, 0.29) is 28.1 Å². The van der Waals surface area contributed by atoms with E-state index in [2.05, 4.69) is 26.5 Å². The van der Waals surface area contributed by atoms with Crippen molar-refractivity contribution >= 4 is 29.0 Å². The molecule has 176 valence electrons. The molecule has 3 N–H and O–H groups in total. The number of anilines is 1. The lowest BCUT2D eigenvalue weighted by molar-refractivity contribution is -0.274. The van der Waals surface area contributed by atoms with Crippen molar-refractivity contribution in [1.29, 1.82) is 0 Å². The standard InChI is InChI=1S/C21H25Cl2F3N4O2/c1-11-18(13-4-5-15(17(23)16(13)22)32-21(24,25)26)29-14(10-31)19(28-11)30-8-6-20(3,7-9-30)12(2)27/h4-5,12,31H,6-10,27H2,1-3H3. The highest BCUT2D eigenvalue weighted by molar-refractivity contribution is 6.44. The number of aliphatic hydroxyl groups is 1. The fourth-order valence-electron chi connectivity index (χ4n) is 3.76. The molecule has 0 aliphatic carbocycles. The van der Waals surface area contributed by atoms with Crippen LogP contribution in [-0.4, -0.2) is 40.6 Å². The molecule has 32 heavy (non-hydrogen) atoms. The van der Waals surface area contributed by atoms with E-state index in [1.807, 2.05) is 6.92 Å². The molecule has 0 saturated carbocycles. The van der Waals surface area contributed by atoms with Crippen molar-refractivity contribution < 1.29 is 23.0 Å². The third kappa shape index (κ3) is 5.06. The summed E-state index contributed by atoms with van der Waals surface area (Å²) in [6.07, 6.45) is -3.15. The van der Waals surface area contributed by atoms with Gasteiger partial charge in [-0.25, -0.2) is 9.97 Å². The summed E-state index contributed by atoms with van der Waals surface area (Å²) in [6.45, 7) is 6.96. The molecule has 2 aromatic rings. The van der Waals surface area contributed by atoms with Crippen LogP contribution in [0.15, 0.2) is 12.1 Å². The predicted molar refractivity (Wildman–Crippen MR) is 118 cm³/mol. The molecule has 6 nitrogen and oxygen atoms in total.